The Bertz CT molecular complexity index is 337. The molecular formula is C10H16O7. The lowest BCUT2D eigenvalue weighted by Gasteiger charge is -2.23. The first-order chi connectivity index (χ1) is 7.40. The Morgan fingerprint density at radius 1 is 1.12 bits per heavy atom. The van der Waals surface area contributed by atoms with Gasteiger partial charge < -0.3 is 20.1 Å². The lowest BCUT2D eigenvalue weighted by molar-refractivity contribution is -0.184. The van der Waals surface area contributed by atoms with Crippen molar-refractivity contribution in [3.8, 4) is 0 Å². The van der Waals surface area contributed by atoms with Crippen LogP contribution < -0.4 is 0 Å². The van der Waals surface area contributed by atoms with E-state index >= 15 is 0 Å². The van der Waals surface area contributed by atoms with Gasteiger partial charge in [0, 0.05) is 0 Å². The molecule has 17 heavy (non-hydrogen) atoms. The molecule has 3 N–H and O–H groups in total. The van der Waals surface area contributed by atoms with E-state index in [1.54, 1.807) is 0 Å². The highest BCUT2D eigenvalue weighted by atomic mass is 16.6. The molecule has 0 bridgehead atoms. The van der Waals surface area contributed by atoms with Crippen molar-refractivity contribution in [2.45, 2.75) is 45.0 Å². The van der Waals surface area contributed by atoms with E-state index in [2.05, 4.69) is 4.74 Å². The molecule has 0 amide bonds. The third kappa shape index (κ3) is 3.88. The number of hydrogen-bond acceptors (Lipinski definition) is 7. The molecule has 0 saturated carbocycles. The molecule has 98 valence electrons. The van der Waals surface area contributed by atoms with Crippen molar-refractivity contribution in [3.05, 3.63) is 0 Å². The first-order valence-electron chi connectivity index (χ1n) is 4.80. The number of carbonyl (C=O) groups excluding carboxylic acids is 3. The number of aliphatic hydroxyl groups excluding tert-OH is 1. The zero-order valence-corrected chi connectivity index (χ0v) is 10.1. The van der Waals surface area contributed by atoms with E-state index in [9.17, 15) is 29.7 Å². The quantitative estimate of drug-likeness (QED) is 0.410. The number of ether oxygens (including phenoxy) is 1. The van der Waals surface area contributed by atoms with Gasteiger partial charge in [0.05, 0.1) is 5.60 Å². The Labute approximate surface area is 98.0 Å². The van der Waals surface area contributed by atoms with E-state index in [4.69, 9.17) is 0 Å². The summed E-state index contributed by atoms with van der Waals surface area (Å²) < 4.78 is 4.11. The molecule has 0 radical (unpaired) electrons. The summed E-state index contributed by atoms with van der Waals surface area (Å²) in [7, 11) is 0. The van der Waals surface area contributed by atoms with E-state index < -0.39 is 35.0 Å². The lowest BCUT2D eigenvalue weighted by Crippen LogP contribution is -2.49. The Hall–Kier alpha value is -1.31. The van der Waals surface area contributed by atoms with Gasteiger partial charge in [-0.25, -0.2) is 9.59 Å². The monoisotopic (exact) mass is 248 g/mol. The standard InChI is InChI=1S/C10H16O7/c1-5(11)10(4,16)8(14)17-7(13)6(12)9(2,3)15/h6,12,15-16H,1-4H3. The fraction of sp³-hybridized carbons (Fsp3) is 0.700. The van der Waals surface area contributed by atoms with Crippen molar-refractivity contribution in [1.82, 2.24) is 0 Å². The van der Waals surface area contributed by atoms with Crippen molar-refractivity contribution >= 4 is 17.7 Å². The summed E-state index contributed by atoms with van der Waals surface area (Å²) in [6.45, 7) is 4.07. The average Bonchev–Trinajstić information content (AvgIpc) is 2.14. The minimum Gasteiger partial charge on any atom is -0.389 e. The van der Waals surface area contributed by atoms with E-state index in [1.165, 1.54) is 0 Å². The summed E-state index contributed by atoms with van der Waals surface area (Å²) in [5, 5.41) is 27.9. The predicted molar refractivity (Wildman–Crippen MR) is 54.7 cm³/mol. The Morgan fingerprint density at radius 2 is 1.53 bits per heavy atom. The average molecular weight is 248 g/mol. The maximum atomic E-state index is 11.2. The molecule has 7 heteroatoms. The topological polar surface area (TPSA) is 121 Å². The normalized spacial score (nSPS) is 16.9. The van der Waals surface area contributed by atoms with Crippen LogP contribution in [-0.2, 0) is 19.1 Å². The largest absolute Gasteiger partial charge is 0.389 e. The molecule has 0 saturated heterocycles. The molecule has 0 spiro atoms. The van der Waals surface area contributed by atoms with Gasteiger partial charge in [-0.3, -0.25) is 4.79 Å². The van der Waals surface area contributed by atoms with Gasteiger partial charge in [-0.15, -0.1) is 0 Å². The molecule has 0 aromatic heterocycles. The number of rotatable bonds is 4. The minimum absolute atomic E-state index is 0.863. The summed E-state index contributed by atoms with van der Waals surface area (Å²) in [5.74, 6) is -3.85. The second-order valence-electron chi connectivity index (χ2n) is 4.39. The zero-order valence-electron chi connectivity index (χ0n) is 10.1. The summed E-state index contributed by atoms with van der Waals surface area (Å²) in [6, 6.07) is 0. The van der Waals surface area contributed by atoms with Crippen LogP contribution in [0.15, 0.2) is 0 Å². The predicted octanol–water partition coefficient (Wildman–Crippen LogP) is -1.47. The summed E-state index contributed by atoms with van der Waals surface area (Å²) in [5.41, 5.74) is -4.27. The third-order valence-corrected chi connectivity index (χ3v) is 2.17. The minimum atomic E-state index is -2.46. The van der Waals surface area contributed by atoms with Gasteiger partial charge in [-0.1, -0.05) is 0 Å². The summed E-state index contributed by atoms with van der Waals surface area (Å²) in [4.78, 5) is 33.3. The van der Waals surface area contributed by atoms with Gasteiger partial charge in [-0.05, 0) is 27.7 Å². The summed E-state index contributed by atoms with van der Waals surface area (Å²) >= 11 is 0. The highest BCUT2D eigenvalue weighted by Gasteiger charge is 2.41. The number of ketones is 1. The van der Waals surface area contributed by atoms with Gasteiger partial charge in [0.2, 0.25) is 5.60 Å². The van der Waals surface area contributed by atoms with Crippen molar-refractivity contribution < 1.29 is 34.4 Å². The van der Waals surface area contributed by atoms with Gasteiger partial charge in [-0.2, -0.15) is 0 Å². The van der Waals surface area contributed by atoms with E-state index in [0.717, 1.165) is 27.7 Å². The number of hydrogen-bond donors (Lipinski definition) is 3. The highest BCUT2D eigenvalue weighted by Crippen LogP contribution is 2.13. The molecule has 0 aliphatic rings. The number of esters is 2. The maximum Gasteiger partial charge on any atom is 0.353 e. The molecule has 2 unspecified atom stereocenters. The number of aliphatic hydroxyl groups is 3. The van der Waals surface area contributed by atoms with Crippen molar-refractivity contribution in [2.75, 3.05) is 0 Å². The Morgan fingerprint density at radius 3 is 1.82 bits per heavy atom. The van der Waals surface area contributed by atoms with Crippen LogP contribution in [0.1, 0.15) is 27.7 Å². The van der Waals surface area contributed by atoms with Crippen molar-refractivity contribution in [1.29, 1.82) is 0 Å². The van der Waals surface area contributed by atoms with Crippen LogP contribution in [0.25, 0.3) is 0 Å². The van der Waals surface area contributed by atoms with Crippen LogP contribution in [-0.4, -0.2) is 50.3 Å². The second kappa shape index (κ2) is 4.91. The fourth-order valence-electron chi connectivity index (χ4n) is 0.679. The Kier molecular flexibility index (Phi) is 4.53. The van der Waals surface area contributed by atoms with Crippen LogP contribution >= 0.6 is 0 Å². The smallest absolute Gasteiger partial charge is 0.353 e. The SMILES string of the molecule is CC(=O)C(C)(O)C(=O)OC(=O)C(O)C(C)(C)O. The van der Waals surface area contributed by atoms with Crippen LogP contribution in [0.2, 0.25) is 0 Å². The number of carbonyl (C=O) groups is 3. The molecular weight excluding hydrogens is 232 g/mol. The van der Waals surface area contributed by atoms with Crippen LogP contribution in [0.4, 0.5) is 0 Å². The van der Waals surface area contributed by atoms with E-state index in [1.807, 2.05) is 0 Å². The third-order valence-electron chi connectivity index (χ3n) is 2.17. The molecule has 0 aromatic carbocycles. The maximum absolute atomic E-state index is 11.2. The first-order valence-corrected chi connectivity index (χ1v) is 4.80. The Balaban J connectivity index is 4.73. The first kappa shape index (κ1) is 15.7. The second-order valence-corrected chi connectivity index (χ2v) is 4.39. The molecule has 2 atom stereocenters. The molecule has 0 aliphatic carbocycles. The van der Waals surface area contributed by atoms with Gasteiger partial charge in [0.1, 0.15) is 0 Å². The van der Waals surface area contributed by atoms with Crippen LogP contribution in [0, 0.1) is 0 Å². The van der Waals surface area contributed by atoms with Crippen LogP contribution in [0.3, 0.4) is 0 Å². The van der Waals surface area contributed by atoms with Gasteiger partial charge >= 0.3 is 11.9 Å². The molecule has 0 heterocycles. The zero-order chi connectivity index (χ0) is 14.0. The van der Waals surface area contributed by atoms with Crippen molar-refractivity contribution in [3.63, 3.8) is 0 Å². The van der Waals surface area contributed by atoms with Crippen LogP contribution in [0.5, 0.6) is 0 Å². The van der Waals surface area contributed by atoms with Gasteiger partial charge in [0.15, 0.2) is 11.9 Å². The molecule has 7 nitrogen and oxygen atoms in total. The molecule has 0 fully saturated rings. The van der Waals surface area contributed by atoms with Gasteiger partial charge in [0.25, 0.3) is 0 Å². The molecule has 0 aromatic rings. The highest BCUT2D eigenvalue weighted by molar-refractivity contribution is 6.08. The number of Topliss-reactive ketones (excluding diaryl/α,β-unsaturated/α-hetero) is 1. The van der Waals surface area contributed by atoms with Crippen molar-refractivity contribution in [2.24, 2.45) is 0 Å². The summed E-state index contributed by atoms with van der Waals surface area (Å²) in [6.07, 6.45) is -1.96. The van der Waals surface area contributed by atoms with E-state index in [0.29, 0.717) is 0 Å². The lowest BCUT2D eigenvalue weighted by atomic mass is 10.0. The fourth-order valence-corrected chi connectivity index (χ4v) is 0.679. The molecule has 0 aliphatic heterocycles. The molecule has 0 rings (SSSR count). The van der Waals surface area contributed by atoms with E-state index in [-0.39, 0.29) is 0 Å².